The van der Waals surface area contributed by atoms with Gasteiger partial charge in [0.05, 0.1) is 30.0 Å². The molecular weight excluding hydrogens is 248 g/mol. The van der Waals surface area contributed by atoms with Crippen LogP contribution in [0, 0.1) is 0 Å². The number of carbonyl (C=O) groups excluding carboxylic acids is 2. The zero-order valence-electron chi connectivity index (χ0n) is 10.2. The zero-order valence-corrected chi connectivity index (χ0v) is 10.2. The van der Waals surface area contributed by atoms with E-state index in [1.165, 1.54) is 0 Å². The van der Waals surface area contributed by atoms with Crippen LogP contribution in [0.25, 0.3) is 0 Å². The topological polar surface area (TPSA) is 81.1 Å². The van der Waals surface area contributed by atoms with Gasteiger partial charge in [-0.15, -0.1) is 0 Å². The van der Waals surface area contributed by atoms with Crippen LogP contribution in [0.2, 0.25) is 0 Å². The van der Waals surface area contributed by atoms with E-state index in [-0.39, 0.29) is 31.6 Å². The van der Waals surface area contributed by atoms with Gasteiger partial charge in [-0.05, 0) is 12.1 Å². The molecule has 2 aliphatic rings. The number of aliphatic hydroxyl groups excluding tert-OH is 2. The molecule has 19 heavy (non-hydrogen) atoms. The Morgan fingerprint density at radius 1 is 1.00 bits per heavy atom. The summed E-state index contributed by atoms with van der Waals surface area (Å²) >= 11 is 0. The lowest BCUT2D eigenvalue weighted by molar-refractivity contribution is 0.0548. The van der Waals surface area contributed by atoms with Crippen LogP contribution >= 0.6 is 0 Å². The highest BCUT2D eigenvalue weighted by Gasteiger charge is 2.38. The Bertz CT molecular complexity index is 500. The van der Waals surface area contributed by atoms with Crippen molar-refractivity contribution < 1.29 is 19.8 Å². The van der Waals surface area contributed by atoms with E-state index >= 15 is 0 Å². The second-order valence-corrected chi connectivity index (χ2v) is 4.90. The van der Waals surface area contributed by atoms with Crippen molar-refractivity contribution in [3.05, 3.63) is 35.4 Å². The van der Waals surface area contributed by atoms with Gasteiger partial charge < -0.3 is 10.2 Å². The van der Waals surface area contributed by atoms with Gasteiger partial charge in [0.15, 0.2) is 0 Å². The standard InChI is InChI=1S/C13H14N2O4/c16-10-5-14(6-11(10)17)7-15-12(18)8-3-1-2-4-9(8)13(15)19/h1-4,10-11,16-17H,5-7H2. The minimum absolute atomic E-state index is 0.0977. The molecule has 6 nitrogen and oxygen atoms in total. The maximum atomic E-state index is 12.1. The van der Waals surface area contributed by atoms with E-state index in [0.29, 0.717) is 11.1 Å². The van der Waals surface area contributed by atoms with Gasteiger partial charge in [-0.2, -0.15) is 0 Å². The third kappa shape index (κ3) is 1.94. The third-order valence-corrected chi connectivity index (χ3v) is 3.55. The largest absolute Gasteiger partial charge is 0.389 e. The summed E-state index contributed by atoms with van der Waals surface area (Å²) in [4.78, 5) is 27.1. The van der Waals surface area contributed by atoms with Crippen molar-refractivity contribution >= 4 is 11.8 Å². The van der Waals surface area contributed by atoms with Gasteiger partial charge in [-0.3, -0.25) is 19.4 Å². The molecule has 0 saturated carbocycles. The lowest BCUT2D eigenvalue weighted by atomic mass is 10.1. The van der Waals surface area contributed by atoms with Gasteiger partial charge in [0.25, 0.3) is 11.8 Å². The average molecular weight is 262 g/mol. The first kappa shape index (κ1) is 12.3. The maximum absolute atomic E-state index is 12.1. The molecule has 0 bridgehead atoms. The van der Waals surface area contributed by atoms with Crippen molar-refractivity contribution in [3.63, 3.8) is 0 Å². The molecule has 0 aromatic heterocycles. The van der Waals surface area contributed by atoms with Crippen molar-refractivity contribution in [3.8, 4) is 0 Å². The van der Waals surface area contributed by atoms with Crippen LogP contribution in [0.1, 0.15) is 20.7 Å². The van der Waals surface area contributed by atoms with E-state index in [1.54, 1.807) is 29.2 Å². The number of likely N-dealkylation sites (tertiary alicyclic amines) is 1. The molecule has 0 radical (unpaired) electrons. The lowest BCUT2D eigenvalue weighted by Gasteiger charge is -2.21. The smallest absolute Gasteiger partial charge is 0.262 e. The Balaban J connectivity index is 1.78. The van der Waals surface area contributed by atoms with Gasteiger partial charge in [-0.1, -0.05) is 12.1 Å². The number of rotatable bonds is 2. The fourth-order valence-electron chi connectivity index (χ4n) is 2.53. The van der Waals surface area contributed by atoms with Crippen molar-refractivity contribution in [2.75, 3.05) is 19.8 Å². The van der Waals surface area contributed by atoms with Crippen molar-refractivity contribution in [2.45, 2.75) is 12.2 Å². The lowest BCUT2D eigenvalue weighted by Crippen LogP contribution is -2.40. The fourth-order valence-corrected chi connectivity index (χ4v) is 2.53. The molecular formula is C13H14N2O4. The summed E-state index contributed by atoms with van der Waals surface area (Å²) in [5.74, 6) is -0.645. The number of carbonyl (C=O) groups is 2. The van der Waals surface area contributed by atoms with Crippen molar-refractivity contribution in [1.82, 2.24) is 9.80 Å². The first-order valence-electron chi connectivity index (χ1n) is 6.11. The van der Waals surface area contributed by atoms with E-state index in [2.05, 4.69) is 0 Å². The molecule has 100 valence electrons. The monoisotopic (exact) mass is 262 g/mol. The molecule has 6 heteroatoms. The minimum Gasteiger partial charge on any atom is -0.389 e. The average Bonchev–Trinajstić information content (AvgIpc) is 2.84. The number of amides is 2. The Kier molecular flexibility index (Phi) is 2.85. The summed E-state index contributed by atoms with van der Waals surface area (Å²) in [7, 11) is 0. The van der Waals surface area contributed by atoms with Gasteiger partial charge in [0.1, 0.15) is 0 Å². The van der Waals surface area contributed by atoms with Gasteiger partial charge in [-0.25, -0.2) is 0 Å². The number of nitrogens with zero attached hydrogens (tertiary/aromatic N) is 2. The summed E-state index contributed by atoms with van der Waals surface area (Å²) in [5, 5.41) is 18.9. The number of fused-ring (bicyclic) bond motifs is 1. The maximum Gasteiger partial charge on any atom is 0.262 e. The Labute approximate surface area is 109 Å². The molecule has 2 amide bonds. The minimum atomic E-state index is -0.824. The third-order valence-electron chi connectivity index (χ3n) is 3.55. The van der Waals surface area contributed by atoms with E-state index in [1.807, 2.05) is 0 Å². The molecule has 3 rings (SSSR count). The van der Waals surface area contributed by atoms with Gasteiger partial charge in [0, 0.05) is 13.1 Å². The van der Waals surface area contributed by atoms with E-state index in [0.717, 1.165) is 4.90 Å². The molecule has 2 atom stereocenters. The summed E-state index contributed by atoms with van der Waals surface area (Å²) in [5.41, 5.74) is 0.820. The summed E-state index contributed by atoms with van der Waals surface area (Å²) in [6.45, 7) is 0.615. The number of imide groups is 1. The normalized spacial score (nSPS) is 27.2. The molecule has 1 aromatic rings. The van der Waals surface area contributed by atoms with E-state index in [4.69, 9.17) is 0 Å². The van der Waals surface area contributed by atoms with Crippen LogP contribution in [-0.4, -0.2) is 63.8 Å². The predicted molar refractivity (Wildman–Crippen MR) is 65.4 cm³/mol. The predicted octanol–water partition coefficient (Wildman–Crippen LogP) is -0.723. The highest BCUT2D eigenvalue weighted by atomic mass is 16.3. The Morgan fingerprint density at radius 3 is 1.95 bits per heavy atom. The van der Waals surface area contributed by atoms with Gasteiger partial charge in [0.2, 0.25) is 0 Å². The number of hydrogen-bond donors (Lipinski definition) is 2. The van der Waals surface area contributed by atoms with Gasteiger partial charge >= 0.3 is 0 Å². The fraction of sp³-hybridized carbons (Fsp3) is 0.385. The van der Waals surface area contributed by atoms with Crippen LogP contribution in [0.3, 0.4) is 0 Å². The molecule has 1 fully saturated rings. The Hall–Kier alpha value is -1.76. The molecule has 0 aliphatic carbocycles. The first-order chi connectivity index (χ1) is 9.08. The van der Waals surface area contributed by atoms with E-state index in [9.17, 15) is 19.8 Å². The van der Waals surface area contributed by atoms with E-state index < -0.39 is 12.2 Å². The second-order valence-electron chi connectivity index (χ2n) is 4.90. The molecule has 2 N–H and O–H groups in total. The van der Waals surface area contributed by atoms with Crippen LogP contribution < -0.4 is 0 Å². The summed E-state index contributed by atoms with van der Waals surface area (Å²) in [6.07, 6.45) is -1.65. The van der Waals surface area contributed by atoms with Crippen LogP contribution in [0.15, 0.2) is 24.3 Å². The van der Waals surface area contributed by atoms with Crippen LogP contribution in [0.5, 0.6) is 0 Å². The highest BCUT2D eigenvalue weighted by Crippen LogP contribution is 2.23. The molecule has 1 saturated heterocycles. The quantitative estimate of drug-likeness (QED) is 0.687. The number of benzene rings is 1. The highest BCUT2D eigenvalue weighted by molar-refractivity contribution is 6.21. The molecule has 0 spiro atoms. The molecule has 2 unspecified atom stereocenters. The van der Waals surface area contributed by atoms with Crippen LogP contribution in [-0.2, 0) is 0 Å². The van der Waals surface area contributed by atoms with Crippen molar-refractivity contribution in [1.29, 1.82) is 0 Å². The number of aliphatic hydroxyl groups is 2. The zero-order chi connectivity index (χ0) is 13.6. The number of hydrogen-bond acceptors (Lipinski definition) is 5. The SMILES string of the molecule is O=C1c2ccccc2C(=O)N1CN1CC(O)C(O)C1. The molecule has 2 heterocycles. The van der Waals surface area contributed by atoms with Crippen molar-refractivity contribution in [2.24, 2.45) is 0 Å². The second kappa shape index (κ2) is 4.41. The summed E-state index contributed by atoms with van der Waals surface area (Å²) < 4.78 is 0. The number of β-amino-alcohol motifs (C(OH)–C–C–N with tert-alkyl or cyclic N) is 2. The molecule has 2 aliphatic heterocycles. The summed E-state index contributed by atoms with van der Waals surface area (Å²) in [6, 6.07) is 6.69. The van der Waals surface area contributed by atoms with Crippen LogP contribution in [0.4, 0.5) is 0 Å². The first-order valence-corrected chi connectivity index (χ1v) is 6.11. The Morgan fingerprint density at radius 2 is 1.47 bits per heavy atom. The molecule has 1 aromatic carbocycles.